The van der Waals surface area contributed by atoms with Crippen molar-refractivity contribution in [2.45, 2.75) is 24.9 Å². The first-order valence-electron chi connectivity index (χ1n) is 3.55. The molecule has 1 aromatic rings. The number of aryl methyl sites for hydroxylation is 1. The molecule has 0 saturated carbocycles. The summed E-state index contributed by atoms with van der Waals surface area (Å²) in [5.74, 6) is 0. The van der Waals surface area contributed by atoms with Gasteiger partial charge in [0.25, 0.3) is 0 Å². The van der Waals surface area contributed by atoms with Gasteiger partial charge in [0.1, 0.15) is 10.7 Å². The summed E-state index contributed by atoms with van der Waals surface area (Å²) in [5.41, 5.74) is 0.264. The lowest BCUT2D eigenvalue weighted by molar-refractivity contribution is 0.329. The second-order valence-corrected chi connectivity index (χ2v) is 4.04. The minimum absolute atomic E-state index is 0.260. The van der Waals surface area contributed by atoms with Crippen LogP contribution in [0.5, 0.6) is 0 Å². The quantitative estimate of drug-likeness (QED) is 0.741. The molecule has 74 valence electrons. The predicted octanol–water partition coefficient (Wildman–Crippen LogP) is 1.94. The summed E-state index contributed by atoms with van der Waals surface area (Å²) in [6, 6.07) is 0. The third-order valence-corrected chi connectivity index (χ3v) is 2.60. The van der Waals surface area contributed by atoms with Crippen LogP contribution in [0.2, 0.25) is 5.02 Å². The van der Waals surface area contributed by atoms with Gasteiger partial charge in [0.2, 0.25) is 0 Å². The van der Waals surface area contributed by atoms with Crippen molar-refractivity contribution >= 4 is 21.8 Å². The SMILES string of the molecule is CCCc1noc(S(=O)(=O)F)c1Cl. The highest BCUT2D eigenvalue weighted by molar-refractivity contribution is 7.86. The van der Waals surface area contributed by atoms with Gasteiger partial charge in [-0.15, -0.1) is 0 Å². The van der Waals surface area contributed by atoms with Gasteiger partial charge in [-0.3, -0.25) is 0 Å². The van der Waals surface area contributed by atoms with E-state index in [1.807, 2.05) is 6.92 Å². The molecule has 0 spiro atoms. The first kappa shape index (κ1) is 10.5. The molecular formula is C6H7ClFNO3S. The number of halogens is 2. The largest absolute Gasteiger partial charge is 0.370 e. The van der Waals surface area contributed by atoms with Gasteiger partial charge in [0, 0.05) is 0 Å². The predicted molar refractivity (Wildman–Crippen MR) is 43.8 cm³/mol. The van der Waals surface area contributed by atoms with Crippen molar-refractivity contribution < 1.29 is 16.8 Å². The van der Waals surface area contributed by atoms with E-state index in [0.29, 0.717) is 6.42 Å². The highest BCUT2D eigenvalue weighted by Gasteiger charge is 2.25. The third kappa shape index (κ3) is 2.19. The van der Waals surface area contributed by atoms with E-state index < -0.39 is 15.3 Å². The standard InChI is InChI=1S/C6H7ClFNO3S/c1-2-3-4-5(7)6(12-9-4)13(8,10)11/h2-3H2,1H3. The van der Waals surface area contributed by atoms with Crippen LogP contribution in [0.25, 0.3) is 0 Å². The van der Waals surface area contributed by atoms with Crippen LogP contribution in [-0.4, -0.2) is 13.6 Å². The fourth-order valence-corrected chi connectivity index (χ4v) is 1.74. The Balaban J connectivity index is 3.14. The fourth-order valence-electron chi connectivity index (χ4n) is 0.838. The van der Waals surface area contributed by atoms with Crippen LogP contribution in [0.1, 0.15) is 19.0 Å². The number of nitrogens with zero attached hydrogens (tertiary/aromatic N) is 1. The molecule has 0 aromatic carbocycles. The van der Waals surface area contributed by atoms with E-state index in [4.69, 9.17) is 11.6 Å². The third-order valence-electron chi connectivity index (χ3n) is 1.38. The van der Waals surface area contributed by atoms with Crippen molar-refractivity contribution in [3.05, 3.63) is 10.7 Å². The van der Waals surface area contributed by atoms with Gasteiger partial charge >= 0.3 is 15.3 Å². The van der Waals surface area contributed by atoms with Gasteiger partial charge in [-0.25, -0.2) is 0 Å². The molecule has 0 radical (unpaired) electrons. The summed E-state index contributed by atoms with van der Waals surface area (Å²) in [7, 11) is -4.89. The minimum Gasteiger partial charge on any atom is -0.340 e. The summed E-state index contributed by atoms with van der Waals surface area (Å²) < 4.78 is 37.4. The Kier molecular flexibility index (Phi) is 2.92. The van der Waals surface area contributed by atoms with Gasteiger partial charge in [0.15, 0.2) is 0 Å². The average molecular weight is 228 g/mol. The molecule has 0 fully saturated rings. The van der Waals surface area contributed by atoms with Crippen LogP contribution in [0.3, 0.4) is 0 Å². The van der Waals surface area contributed by atoms with Crippen LogP contribution >= 0.6 is 11.6 Å². The second-order valence-electron chi connectivity index (χ2n) is 2.42. The van der Waals surface area contributed by atoms with E-state index in [2.05, 4.69) is 9.68 Å². The van der Waals surface area contributed by atoms with Crippen molar-refractivity contribution in [3.63, 3.8) is 0 Å². The zero-order valence-corrected chi connectivity index (χ0v) is 8.32. The van der Waals surface area contributed by atoms with E-state index in [-0.39, 0.29) is 10.7 Å². The molecule has 1 heterocycles. The van der Waals surface area contributed by atoms with E-state index in [0.717, 1.165) is 6.42 Å². The highest BCUT2D eigenvalue weighted by Crippen LogP contribution is 2.27. The van der Waals surface area contributed by atoms with E-state index in [1.165, 1.54) is 0 Å². The smallest absolute Gasteiger partial charge is 0.340 e. The van der Waals surface area contributed by atoms with Gasteiger partial charge in [0.05, 0.1) is 0 Å². The molecule has 7 heteroatoms. The van der Waals surface area contributed by atoms with Crippen LogP contribution in [0.15, 0.2) is 9.62 Å². The Morgan fingerprint density at radius 2 is 2.23 bits per heavy atom. The zero-order valence-electron chi connectivity index (χ0n) is 6.75. The molecule has 0 amide bonds. The number of hydrogen-bond acceptors (Lipinski definition) is 4. The Bertz CT molecular complexity index is 400. The molecule has 0 atom stereocenters. The van der Waals surface area contributed by atoms with Gasteiger partial charge in [-0.2, -0.15) is 8.42 Å². The lowest BCUT2D eigenvalue weighted by Crippen LogP contribution is -1.90. The van der Waals surface area contributed by atoms with Crippen molar-refractivity contribution in [1.29, 1.82) is 0 Å². The topological polar surface area (TPSA) is 60.2 Å². The minimum atomic E-state index is -4.89. The van der Waals surface area contributed by atoms with E-state index in [9.17, 15) is 12.3 Å². The Morgan fingerprint density at radius 3 is 2.62 bits per heavy atom. The van der Waals surface area contributed by atoms with Crippen LogP contribution < -0.4 is 0 Å². The van der Waals surface area contributed by atoms with Crippen molar-refractivity contribution in [1.82, 2.24) is 5.16 Å². The lowest BCUT2D eigenvalue weighted by Gasteiger charge is -1.89. The first-order valence-corrected chi connectivity index (χ1v) is 5.31. The average Bonchev–Trinajstić information content (AvgIpc) is 2.32. The molecule has 1 aromatic heterocycles. The molecule has 13 heavy (non-hydrogen) atoms. The van der Waals surface area contributed by atoms with Gasteiger partial charge in [-0.1, -0.05) is 34.0 Å². The molecule has 4 nitrogen and oxygen atoms in total. The Morgan fingerprint density at radius 1 is 1.62 bits per heavy atom. The summed E-state index contributed by atoms with van der Waals surface area (Å²) in [6.45, 7) is 1.86. The summed E-state index contributed by atoms with van der Waals surface area (Å²) in [5, 5.41) is 2.18. The van der Waals surface area contributed by atoms with Gasteiger partial charge < -0.3 is 4.52 Å². The number of rotatable bonds is 3. The van der Waals surface area contributed by atoms with Crippen LogP contribution in [0, 0.1) is 0 Å². The maximum Gasteiger partial charge on any atom is 0.370 e. The van der Waals surface area contributed by atoms with Crippen molar-refractivity contribution in [3.8, 4) is 0 Å². The summed E-state index contributed by atoms with van der Waals surface area (Å²) in [6.07, 6.45) is 1.18. The normalized spacial score (nSPS) is 11.9. The molecule has 0 bridgehead atoms. The van der Waals surface area contributed by atoms with Crippen molar-refractivity contribution in [2.75, 3.05) is 0 Å². The van der Waals surface area contributed by atoms with Gasteiger partial charge in [-0.05, 0) is 6.42 Å². The molecule has 0 saturated heterocycles. The first-order chi connectivity index (χ1) is 5.96. The van der Waals surface area contributed by atoms with Crippen LogP contribution in [0.4, 0.5) is 3.89 Å². The Hall–Kier alpha value is -0.620. The molecule has 0 aliphatic heterocycles. The van der Waals surface area contributed by atoms with Crippen LogP contribution in [-0.2, 0) is 16.6 Å². The van der Waals surface area contributed by atoms with Crippen molar-refractivity contribution in [2.24, 2.45) is 0 Å². The molecule has 0 N–H and O–H groups in total. The molecule has 0 aliphatic rings. The molecule has 1 rings (SSSR count). The van der Waals surface area contributed by atoms with E-state index >= 15 is 0 Å². The van der Waals surface area contributed by atoms with E-state index in [1.54, 1.807) is 0 Å². The molecular weight excluding hydrogens is 221 g/mol. The molecule has 0 unspecified atom stereocenters. The second kappa shape index (κ2) is 3.63. The monoisotopic (exact) mass is 227 g/mol. The summed E-state index contributed by atoms with van der Waals surface area (Å²) >= 11 is 5.51. The number of aromatic nitrogens is 1. The summed E-state index contributed by atoms with van der Waals surface area (Å²) in [4.78, 5) is 0. The Labute approximate surface area is 79.9 Å². The number of hydrogen-bond donors (Lipinski definition) is 0. The zero-order chi connectivity index (χ0) is 10.1. The maximum atomic E-state index is 12.4. The maximum absolute atomic E-state index is 12.4. The fraction of sp³-hybridized carbons (Fsp3) is 0.500. The lowest BCUT2D eigenvalue weighted by atomic mass is 10.3. The highest BCUT2D eigenvalue weighted by atomic mass is 35.5. The molecule has 0 aliphatic carbocycles.